The summed E-state index contributed by atoms with van der Waals surface area (Å²) in [5.74, 6) is 0. The maximum absolute atomic E-state index is 5.19. The van der Waals surface area contributed by atoms with Crippen LogP contribution < -0.4 is 0 Å². The van der Waals surface area contributed by atoms with Crippen molar-refractivity contribution in [3.8, 4) is 0 Å². The van der Waals surface area contributed by atoms with Crippen molar-refractivity contribution in [1.82, 2.24) is 0 Å². The third-order valence-electron chi connectivity index (χ3n) is 0.293. The van der Waals surface area contributed by atoms with Crippen molar-refractivity contribution in [2.45, 2.75) is 0 Å². The molecule has 1 heteroatoms. The first-order valence-corrected chi connectivity index (χ1v) is 1.48. The lowest BCUT2D eigenvalue weighted by Gasteiger charge is -1.42. The van der Waals surface area contributed by atoms with Gasteiger partial charge in [0.2, 0.25) is 0 Å². The zero-order valence-electron chi connectivity index (χ0n) is 2.03. The van der Waals surface area contributed by atoms with E-state index in [0.717, 1.165) is 5.03 Å². The molecule has 0 aromatic carbocycles. The molecule has 0 bridgehead atoms. The maximum atomic E-state index is 5.19. The van der Waals surface area contributed by atoms with Gasteiger partial charge in [0.05, 0.1) is 0 Å². The zero-order valence-corrected chi connectivity index (χ0v) is 2.79. The van der Waals surface area contributed by atoms with E-state index in [1.807, 2.05) is 12.5 Å². The van der Waals surface area contributed by atoms with Crippen LogP contribution in [0.2, 0.25) is 0 Å². The number of rotatable bonds is 0. The van der Waals surface area contributed by atoms with Gasteiger partial charge in [-0.05, 0) is 0 Å². The second kappa shape index (κ2) is 0.494. The average molecular weight is 73.5 g/mol. The molecular weight excluding hydrogens is 71.5 g/mol. The molecule has 0 saturated heterocycles. The Morgan fingerprint density at radius 1 is 1.75 bits per heavy atom. The van der Waals surface area contributed by atoms with E-state index in [4.69, 9.17) is 11.6 Å². The third kappa shape index (κ3) is 0.235. The SMILES string of the molecule is ClC1=C[CH]1. The Hall–Kier alpha value is 0.0300. The summed E-state index contributed by atoms with van der Waals surface area (Å²) in [6.45, 7) is 0. The zero-order chi connectivity index (χ0) is 2.99. The van der Waals surface area contributed by atoms with Crippen LogP contribution >= 0.6 is 11.6 Å². The summed E-state index contributed by atoms with van der Waals surface area (Å²) in [4.78, 5) is 0. The molecule has 0 aliphatic heterocycles. The van der Waals surface area contributed by atoms with Gasteiger partial charge in [0, 0.05) is 11.5 Å². The van der Waals surface area contributed by atoms with Gasteiger partial charge in [-0.2, -0.15) is 0 Å². The second-order valence-corrected chi connectivity index (χ2v) is 1.15. The lowest BCUT2D eigenvalue weighted by atomic mass is 10.9. The highest BCUT2D eigenvalue weighted by atomic mass is 35.5. The van der Waals surface area contributed by atoms with Crippen LogP contribution in [0.1, 0.15) is 0 Å². The van der Waals surface area contributed by atoms with Crippen LogP contribution in [-0.4, -0.2) is 0 Å². The van der Waals surface area contributed by atoms with Crippen molar-refractivity contribution in [2.75, 3.05) is 0 Å². The Morgan fingerprint density at radius 2 is 2.00 bits per heavy atom. The minimum atomic E-state index is 0.889. The summed E-state index contributed by atoms with van der Waals surface area (Å²) in [5.41, 5.74) is 0. The van der Waals surface area contributed by atoms with Crippen molar-refractivity contribution < 1.29 is 0 Å². The summed E-state index contributed by atoms with van der Waals surface area (Å²) in [6, 6.07) is 0. The number of halogens is 1. The molecule has 0 unspecified atom stereocenters. The standard InChI is InChI=1S/C3H2Cl/c4-3-1-2-3/h1-2H. The van der Waals surface area contributed by atoms with E-state index in [1.54, 1.807) is 0 Å². The fourth-order valence-electron chi connectivity index (χ4n) is 0.0315. The van der Waals surface area contributed by atoms with Gasteiger partial charge in [-0.25, -0.2) is 0 Å². The summed E-state index contributed by atoms with van der Waals surface area (Å²) in [7, 11) is 0. The molecule has 0 aromatic rings. The Balaban J connectivity index is 2.54. The minimum Gasteiger partial charge on any atom is -0.0888 e. The van der Waals surface area contributed by atoms with Gasteiger partial charge in [-0.15, -0.1) is 0 Å². The van der Waals surface area contributed by atoms with E-state index in [0.29, 0.717) is 0 Å². The first-order valence-electron chi connectivity index (χ1n) is 1.10. The van der Waals surface area contributed by atoms with Crippen molar-refractivity contribution >= 4 is 11.6 Å². The van der Waals surface area contributed by atoms with E-state index >= 15 is 0 Å². The molecule has 0 amide bonds. The van der Waals surface area contributed by atoms with Crippen LogP contribution in [0.4, 0.5) is 0 Å². The largest absolute Gasteiger partial charge is 0.0888 e. The molecule has 0 spiro atoms. The summed E-state index contributed by atoms with van der Waals surface area (Å²) >= 11 is 5.19. The monoisotopic (exact) mass is 73.0 g/mol. The number of hydrogen-bond donors (Lipinski definition) is 0. The number of allylic oxidation sites excluding steroid dienone is 2. The molecule has 0 N–H and O–H groups in total. The van der Waals surface area contributed by atoms with Crippen LogP contribution in [-0.2, 0) is 0 Å². The van der Waals surface area contributed by atoms with Crippen molar-refractivity contribution in [3.05, 3.63) is 17.5 Å². The van der Waals surface area contributed by atoms with Crippen LogP contribution in [0, 0.1) is 6.42 Å². The first-order chi connectivity index (χ1) is 1.89. The summed E-state index contributed by atoms with van der Waals surface area (Å²) < 4.78 is 0. The molecule has 0 nitrogen and oxygen atoms in total. The van der Waals surface area contributed by atoms with Crippen LogP contribution in [0.3, 0.4) is 0 Å². The normalized spacial score (nSPS) is 19.8. The van der Waals surface area contributed by atoms with Crippen molar-refractivity contribution in [2.24, 2.45) is 0 Å². The van der Waals surface area contributed by atoms with Gasteiger partial charge in [-0.3, -0.25) is 0 Å². The molecule has 1 radical (unpaired) electrons. The van der Waals surface area contributed by atoms with Crippen molar-refractivity contribution in [1.29, 1.82) is 0 Å². The van der Waals surface area contributed by atoms with Gasteiger partial charge in [0.25, 0.3) is 0 Å². The van der Waals surface area contributed by atoms with E-state index in [-0.39, 0.29) is 0 Å². The topological polar surface area (TPSA) is 0 Å². The first kappa shape index (κ1) is 2.28. The molecule has 0 aromatic heterocycles. The maximum Gasteiger partial charge on any atom is 0.0250 e. The van der Waals surface area contributed by atoms with Gasteiger partial charge in [-0.1, -0.05) is 17.7 Å². The molecule has 1 aliphatic carbocycles. The van der Waals surface area contributed by atoms with Gasteiger partial charge < -0.3 is 0 Å². The molecule has 0 heterocycles. The van der Waals surface area contributed by atoms with E-state index in [1.165, 1.54) is 0 Å². The highest BCUT2D eigenvalue weighted by Gasteiger charge is 1.98. The molecule has 0 atom stereocenters. The Morgan fingerprint density at radius 3 is 2.00 bits per heavy atom. The van der Waals surface area contributed by atoms with E-state index in [9.17, 15) is 0 Å². The molecule has 0 saturated carbocycles. The van der Waals surface area contributed by atoms with Gasteiger partial charge >= 0.3 is 0 Å². The molecule has 0 fully saturated rings. The molecule has 1 rings (SSSR count). The molecule has 21 valence electrons. The molecule has 4 heavy (non-hydrogen) atoms. The van der Waals surface area contributed by atoms with E-state index in [2.05, 4.69) is 0 Å². The minimum absolute atomic E-state index is 0.889. The fraction of sp³-hybridized carbons (Fsp3) is 0. The summed E-state index contributed by atoms with van der Waals surface area (Å²) in [5, 5.41) is 0.889. The molecular formula is C3H2Cl. The van der Waals surface area contributed by atoms with Gasteiger partial charge in [0.15, 0.2) is 0 Å². The lowest BCUT2D eigenvalue weighted by molar-refractivity contribution is 2.17. The van der Waals surface area contributed by atoms with Crippen LogP contribution in [0.15, 0.2) is 11.1 Å². The Labute approximate surface area is 30.1 Å². The predicted octanol–water partition coefficient (Wildman–Crippen LogP) is 1.33. The highest BCUT2D eigenvalue weighted by Crippen LogP contribution is 2.19. The molecule has 1 aliphatic rings. The lowest BCUT2D eigenvalue weighted by Crippen LogP contribution is -1.18. The highest BCUT2D eigenvalue weighted by molar-refractivity contribution is 6.34. The van der Waals surface area contributed by atoms with Crippen molar-refractivity contribution in [3.63, 3.8) is 0 Å². The van der Waals surface area contributed by atoms with E-state index < -0.39 is 0 Å². The van der Waals surface area contributed by atoms with Gasteiger partial charge in [0.1, 0.15) is 0 Å². The summed E-state index contributed by atoms with van der Waals surface area (Å²) in [6.07, 6.45) is 3.70. The Bertz CT molecular complexity index is 54.3. The van der Waals surface area contributed by atoms with Crippen LogP contribution in [0.5, 0.6) is 0 Å². The average Bonchev–Trinajstić information content (AvgIpc) is 1.75. The predicted molar refractivity (Wildman–Crippen MR) is 18.2 cm³/mol. The quantitative estimate of drug-likeness (QED) is 0.406. The smallest absolute Gasteiger partial charge is 0.0250 e. The fourth-order valence-corrected chi connectivity index (χ4v) is 0.0945. The second-order valence-electron chi connectivity index (χ2n) is 0.718. The third-order valence-corrected chi connectivity index (χ3v) is 0.545. The number of hydrogen-bond acceptors (Lipinski definition) is 0. The Kier molecular flexibility index (Phi) is 0.281. The van der Waals surface area contributed by atoms with Crippen LogP contribution in [0.25, 0.3) is 0 Å².